The Morgan fingerprint density at radius 1 is 1.15 bits per heavy atom. The van der Waals surface area contributed by atoms with Gasteiger partial charge < -0.3 is 9.64 Å². The number of hydrogen-bond acceptors (Lipinski definition) is 5. The van der Waals surface area contributed by atoms with Gasteiger partial charge in [-0.2, -0.15) is 9.37 Å². The quantitative estimate of drug-likeness (QED) is 0.300. The normalized spacial score (nSPS) is 14.3. The number of aryl methyl sites for hydroxylation is 1. The molecule has 34 heavy (non-hydrogen) atoms. The number of halogens is 2. The summed E-state index contributed by atoms with van der Waals surface area (Å²) in [5.74, 6) is -1.25. The maximum absolute atomic E-state index is 15.0. The maximum Gasteiger partial charge on any atom is 0.329 e. The first kappa shape index (κ1) is 22.5. The van der Waals surface area contributed by atoms with Gasteiger partial charge in [-0.25, -0.2) is 9.18 Å². The van der Waals surface area contributed by atoms with E-state index in [0.717, 1.165) is 26.1 Å². The molecule has 1 aromatic carbocycles. The van der Waals surface area contributed by atoms with Crippen molar-refractivity contribution in [2.24, 2.45) is 7.05 Å². The third-order valence-electron chi connectivity index (χ3n) is 6.45. The monoisotopic (exact) mass is 467 g/mol. The fourth-order valence-electron chi connectivity index (χ4n) is 4.50. The molecule has 5 rings (SSSR count). The number of fused-ring (bicyclic) bond motifs is 3. The first-order valence-electron chi connectivity index (χ1n) is 11.6. The van der Waals surface area contributed by atoms with Gasteiger partial charge in [-0.15, -0.1) is 0 Å². The van der Waals surface area contributed by atoms with E-state index < -0.39 is 11.8 Å². The third kappa shape index (κ3) is 3.83. The second-order valence-electron chi connectivity index (χ2n) is 9.03. The van der Waals surface area contributed by atoms with Crippen molar-refractivity contribution in [3.05, 3.63) is 52.7 Å². The fraction of sp³-hybridized carbons (Fsp3) is 0.400. The summed E-state index contributed by atoms with van der Waals surface area (Å²) in [6.45, 7) is 7.45. The summed E-state index contributed by atoms with van der Waals surface area (Å²) in [6.07, 6.45) is 3.64. The average molecular weight is 468 g/mol. The SMILES string of the molecule is CC(C)n1c(=O)n(C)c2cnc3cc(F)c(-c4ccc(OCCCN5CCC5)nc4F)cc3c21. The van der Waals surface area contributed by atoms with E-state index in [0.29, 0.717) is 28.5 Å². The molecule has 4 aromatic rings. The molecule has 4 heterocycles. The van der Waals surface area contributed by atoms with Crippen LogP contribution in [0.25, 0.3) is 33.1 Å². The highest BCUT2D eigenvalue weighted by molar-refractivity contribution is 6.04. The van der Waals surface area contributed by atoms with Crippen LogP contribution >= 0.6 is 0 Å². The Morgan fingerprint density at radius 3 is 2.62 bits per heavy atom. The number of rotatable bonds is 7. The second-order valence-corrected chi connectivity index (χ2v) is 9.03. The molecule has 1 fully saturated rings. The predicted octanol–water partition coefficient (Wildman–Crippen LogP) is 4.28. The molecule has 3 aromatic heterocycles. The smallest absolute Gasteiger partial charge is 0.329 e. The molecule has 0 saturated carbocycles. The average Bonchev–Trinajstić information content (AvgIpc) is 3.03. The van der Waals surface area contributed by atoms with E-state index in [1.165, 1.54) is 23.1 Å². The summed E-state index contributed by atoms with van der Waals surface area (Å²) < 4.78 is 38.8. The van der Waals surface area contributed by atoms with Crippen LogP contribution in [0.2, 0.25) is 0 Å². The Morgan fingerprint density at radius 2 is 1.94 bits per heavy atom. The summed E-state index contributed by atoms with van der Waals surface area (Å²) in [5.41, 5.74) is 1.56. The van der Waals surface area contributed by atoms with Gasteiger partial charge in [-0.05, 0) is 51.9 Å². The van der Waals surface area contributed by atoms with Crippen LogP contribution in [0.4, 0.5) is 8.78 Å². The van der Waals surface area contributed by atoms with Crippen molar-refractivity contribution in [2.75, 3.05) is 26.2 Å². The Kier molecular flexibility index (Phi) is 5.81. The zero-order chi connectivity index (χ0) is 24.0. The first-order chi connectivity index (χ1) is 16.3. The van der Waals surface area contributed by atoms with Gasteiger partial charge in [0, 0.05) is 48.3 Å². The highest BCUT2D eigenvalue weighted by Crippen LogP contribution is 2.33. The van der Waals surface area contributed by atoms with E-state index in [1.54, 1.807) is 29.9 Å². The molecule has 9 heteroatoms. The van der Waals surface area contributed by atoms with Crippen molar-refractivity contribution >= 4 is 21.9 Å². The van der Waals surface area contributed by atoms with Crippen LogP contribution in [0.3, 0.4) is 0 Å². The molecule has 1 aliphatic heterocycles. The number of pyridine rings is 2. The summed E-state index contributed by atoms with van der Waals surface area (Å²) in [4.78, 5) is 23.4. The summed E-state index contributed by atoms with van der Waals surface area (Å²) in [7, 11) is 1.67. The number of nitrogens with zero attached hydrogens (tertiary/aromatic N) is 5. The lowest BCUT2D eigenvalue weighted by Gasteiger charge is -2.30. The zero-order valence-corrected chi connectivity index (χ0v) is 19.5. The van der Waals surface area contributed by atoms with Crippen LogP contribution in [0.5, 0.6) is 5.88 Å². The molecule has 0 atom stereocenters. The highest BCUT2D eigenvalue weighted by Gasteiger charge is 2.20. The number of benzene rings is 1. The van der Waals surface area contributed by atoms with Gasteiger partial charge in [0.1, 0.15) is 5.82 Å². The van der Waals surface area contributed by atoms with E-state index >= 15 is 4.39 Å². The molecule has 178 valence electrons. The lowest BCUT2D eigenvalue weighted by atomic mass is 10.0. The molecule has 0 amide bonds. The largest absolute Gasteiger partial charge is 0.478 e. The van der Waals surface area contributed by atoms with Gasteiger partial charge in [0.2, 0.25) is 11.8 Å². The number of aromatic nitrogens is 4. The van der Waals surface area contributed by atoms with Crippen molar-refractivity contribution in [1.82, 2.24) is 24.0 Å². The molecule has 0 radical (unpaired) electrons. The lowest BCUT2D eigenvalue weighted by molar-refractivity contribution is 0.164. The topological polar surface area (TPSA) is 65.2 Å². The van der Waals surface area contributed by atoms with E-state index in [-0.39, 0.29) is 28.7 Å². The van der Waals surface area contributed by atoms with E-state index in [1.807, 2.05) is 13.8 Å². The number of likely N-dealkylation sites (tertiary alicyclic amines) is 1. The maximum atomic E-state index is 15.0. The predicted molar refractivity (Wildman–Crippen MR) is 127 cm³/mol. The van der Waals surface area contributed by atoms with Crippen molar-refractivity contribution in [3.63, 3.8) is 0 Å². The van der Waals surface area contributed by atoms with E-state index in [9.17, 15) is 9.18 Å². The minimum Gasteiger partial charge on any atom is -0.478 e. The number of imidazole rings is 1. The molecular formula is C25H27F2N5O2. The second kappa shape index (κ2) is 8.79. The Bertz CT molecular complexity index is 1440. The van der Waals surface area contributed by atoms with Gasteiger partial charge in [0.05, 0.1) is 29.4 Å². The summed E-state index contributed by atoms with van der Waals surface area (Å²) in [5, 5.41) is 0.575. The van der Waals surface area contributed by atoms with Gasteiger partial charge >= 0.3 is 5.69 Å². The van der Waals surface area contributed by atoms with Crippen molar-refractivity contribution in [3.8, 4) is 17.0 Å². The van der Waals surface area contributed by atoms with Crippen molar-refractivity contribution in [2.45, 2.75) is 32.7 Å². The fourth-order valence-corrected chi connectivity index (χ4v) is 4.50. The van der Waals surface area contributed by atoms with Gasteiger partial charge in [-0.3, -0.25) is 14.1 Å². The van der Waals surface area contributed by atoms with Crippen molar-refractivity contribution < 1.29 is 13.5 Å². The van der Waals surface area contributed by atoms with Gasteiger partial charge in [0.15, 0.2) is 0 Å². The van der Waals surface area contributed by atoms with Gasteiger partial charge in [-0.1, -0.05) is 0 Å². The lowest BCUT2D eigenvalue weighted by Crippen LogP contribution is -2.38. The molecule has 7 nitrogen and oxygen atoms in total. The number of ether oxygens (including phenoxy) is 1. The molecule has 0 spiro atoms. The molecule has 0 unspecified atom stereocenters. The number of hydrogen-bond donors (Lipinski definition) is 0. The van der Waals surface area contributed by atoms with Gasteiger partial charge in [0.25, 0.3) is 0 Å². The molecule has 1 aliphatic rings. The van der Waals surface area contributed by atoms with Crippen LogP contribution in [0, 0.1) is 11.8 Å². The minimum atomic E-state index is -0.812. The zero-order valence-electron chi connectivity index (χ0n) is 19.5. The van der Waals surface area contributed by atoms with Crippen LogP contribution in [0.1, 0.15) is 32.7 Å². The molecule has 0 bridgehead atoms. The van der Waals surface area contributed by atoms with Crippen LogP contribution in [0.15, 0.2) is 35.3 Å². The first-order valence-corrected chi connectivity index (χ1v) is 11.6. The molecule has 1 saturated heterocycles. The Balaban J connectivity index is 1.51. The van der Waals surface area contributed by atoms with Crippen LogP contribution in [-0.4, -0.2) is 50.2 Å². The highest BCUT2D eigenvalue weighted by atomic mass is 19.1. The Hall–Kier alpha value is -3.33. The standard InChI is InChI=1S/C25H27F2N5O2/c1-15(2)32-23-18-12-17(19(26)13-20(18)28-14-21(23)30(3)25(32)33)16-6-7-22(29-24(16)27)34-11-5-10-31-8-4-9-31/h6-7,12-15H,4-5,8-11H2,1-3H3. The van der Waals surface area contributed by atoms with Crippen LogP contribution < -0.4 is 10.4 Å². The van der Waals surface area contributed by atoms with E-state index in [4.69, 9.17) is 4.74 Å². The molecular weight excluding hydrogens is 440 g/mol. The third-order valence-corrected chi connectivity index (χ3v) is 6.45. The summed E-state index contributed by atoms with van der Waals surface area (Å²) in [6, 6.07) is 5.73. The molecule has 0 aliphatic carbocycles. The minimum absolute atomic E-state index is 0.0266. The Labute approximate surface area is 195 Å². The van der Waals surface area contributed by atoms with Crippen molar-refractivity contribution in [1.29, 1.82) is 0 Å². The summed E-state index contributed by atoms with van der Waals surface area (Å²) >= 11 is 0. The van der Waals surface area contributed by atoms with Crippen LogP contribution in [-0.2, 0) is 7.05 Å². The van der Waals surface area contributed by atoms with E-state index in [2.05, 4.69) is 14.9 Å². The molecule has 0 N–H and O–H groups in total.